The summed E-state index contributed by atoms with van der Waals surface area (Å²) in [6.07, 6.45) is 0.812. The number of carbonyl (C=O) groups is 1. The van der Waals surface area contributed by atoms with Crippen molar-refractivity contribution in [3.8, 4) is 5.75 Å². The molecule has 82 valence electrons. The van der Waals surface area contributed by atoms with Crippen LogP contribution in [0.15, 0.2) is 24.3 Å². The molecule has 0 spiro atoms. The lowest BCUT2D eigenvalue weighted by atomic mass is 10.1. The van der Waals surface area contributed by atoms with Gasteiger partial charge in [0.05, 0.1) is 14.3 Å². The fourth-order valence-corrected chi connectivity index (χ4v) is 1.69. The van der Waals surface area contributed by atoms with Crippen molar-refractivity contribution in [1.29, 1.82) is 0 Å². The fourth-order valence-electron chi connectivity index (χ4n) is 1.09. The van der Waals surface area contributed by atoms with E-state index in [2.05, 4.69) is 19.6 Å². The van der Waals surface area contributed by atoms with E-state index in [1.807, 2.05) is 24.3 Å². The van der Waals surface area contributed by atoms with E-state index in [0.29, 0.717) is 0 Å². The van der Waals surface area contributed by atoms with E-state index < -0.39 is 8.07 Å². The van der Waals surface area contributed by atoms with E-state index in [-0.39, 0.29) is 5.78 Å². The summed E-state index contributed by atoms with van der Waals surface area (Å²) in [5.74, 6) is 0.939. The van der Waals surface area contributed by atoms with Gasteiger partial charge in [-0.3, -0.25) is 4.79 Å². The third kappa shape index (κ3) is 4.30. The maximum Gasteiger partial charge on any atom is 0.159 e. The topological polar surface area (TPSA) is 26.3 Å². The molecule has 0 saturated heterocycles. The average Bonchev–Trinajstić information content (AvgIpc) is 2.14. The minimum Gasteiger partial charge on any atom is -0.497 e. The summed E-state index contributed by atoms with van der Waals surface area (Å²) >= 11 is 0. The van der Waals surface area contributed by atoms with Gasteiger partial charge in [-0.15, -0.1) is 0 Å². The van der Waals surface area contributed by atoms with Crippen molar-refractivity contribution < 1.29 is 9.53 Å². The average molecular weight is 222 g/mol. The minimum absolute atomic E-state index is 0.0896. The molecule has 0 heterocycles. The molecule has 2 nitrogen and oxygen atoms in total. The van der Waals surface area contributed by atoms with Crippen LogP contribution in [0.1, 0.15) is 17.3 Å². The van der Waals surface area contributed by atoms with Gasteiger partial charge in [0.1, 0.15) is 5.75 Å². The Morgan fingerprint density at radius 1 is 1.20 bits per heavy atom. The van der Waals surface area contributed by atoms with E-state index in [9.17, 15) is 4.79 Å². The Labute approximate surface area is 92.3 Å². The Bertz CT molecular complexity index is 336. The first-order valence-corrected chi connectivity index (χ1v) is 8.83. The molecular weight excluding hydrogens is 204 g/mol. The molecule has 0 aliphatic carbocycles. The molecule has 1 rings (SSSR count). The molecule has 0 atom stereocenters. The molecule has 0 aromatic heterocycles. The molecular formula is C12H18O2Si. The second-order valence-corrected chi connectivity index (χ2v) is 10.3. The van der Waals surface area contributed by atoms with Crippen molar-refractivity contribution >= 4 is 13.9 Å². The number of Topliss-reactive ketones (excluding diaryl/α,β-unsaturated/α-hetero) is 1. The van der Waals surface area contributed by atoms with Gasteiger partial charge in [0.25, 0.3) is 0 Å². The molecule has 1 aromatic carbocycles. The van der Waals surface area contributed by atoms with Crippen LogP contribution in [0.25, 0.3) is 0 Å². The molecule has 3 heteroatoms. The fraction of sp³-hybridized carbons (Fsp3) is 0.417. The monoisotopic (exact) mass is 222 g/mol. The number of hydrogen-bond acceptors (Lipinski definition) is 2. The highest BCUT2D eigenvalue weighted by molar-refractivity contribution is 6.76. The summed E-state index contributed by atoms with van der Waals surface area (Å²) < 4.78 is 5.66. The van der Waals surface area contributed by atoms with Gasteiger partial charge >= 0.3 is 0 Å². The standard InChI is InChI=1S/C12H18O2Si/c1-10(13)11-5-7-12(8-6-11)14-9-15(2,3)4/h5-8H,9H2,1-4H3. The summed E-state index contributed by atoms with van der Waals surface area (Å²) in [5.41, 5.74) is 0.732. The molecule has 15 heavy (non-hydrogen) atoms. The third-order valence-electron chi connectivity index (χ3n) is 1.93. The van der Waals surface area contributed by atoms with Crippen molar-refractivity contribution in [2.24, 2.45) is 0 Å². The van der Waals surface area contributed by atoms with Crippen molar-refractivity contribution in [2.75, 3.05) is 6.23 Å². The summed E-state index contributed by atoms with van der Waals surface area (Å²) in [6.45, 7) is 8.35. The van der Waals surface area contributed by atoms with Gasteiger partial charge in [-0.25, -0.2) is 0 Å². The van der Waals surface area contributed by atoms with Gasteiger partial charge in [0.15, 0.2) is 5.78 Å². The number of rotatable bonds is 4. The second-order valence-electron chi connectivity index (χ2n) is 4.93. The molecule has 0 unspecified atom stereocenters. The van der Waals surface area contributed by atoms with Crippen LogP contribution in [0.5, 0.6) is 5.75 Å². The van der Waals surface area contributed by atoms with Crippen LogP contribution in [0.2, 0.25) is 19.6 Å². The summed E-state index contributed by atoms with van der Waals surface area (Å²) in [5, 5.41) is 0. The van der Waals surface area contributed by atoms with Crippen LogP contribution in [0.4, 0.5) is 0 Å². The van der Waals surface area contributed by atoms with Gasteiger partial charge < -0.3 is 4.74 Å². The number of ether oxygens (including phenoxy) is 1. The minimum atomic E-state index is -1.16. The van der Waals surface area contributed by atoms with Crippen LogP contribution in [0, 0.1) is 0 Å². The van der Waals surface area contributed by atoms with Crippen LogP contribution in [0.3, 0.4) is 0 Å². The molecule has 0 radical (unpaired) electrons. The largest absolute Gasteiger partial charge is 0.497 e. The molecule has 0 saturated carbocycles. The van der Waals surface area contributed by atoms with Gasteiger partial charge in [0.2, 0.25) is 0 Å². The lowest BCUT2D eigenvalue weighted by molar-refractivity contribution is 0.101. The number of ketones is 1. The molecule has 0 aliphatic rings. The summed E-state index contributed by atoms with van der Waals surface area (Å²) in [7, 11) is -1.16. The smallest absolute Gasteiger partial charge is 0.159 e. The van der Waals surface area contributed by atoms with Gasteiger partial charge in [-0.1, -0.05) is 19.6 Å². The number of carbonyl (C=O) groups excluding carboxylic acids is 1. The van der Waals surface area contributed by atoms with Crippen LogP contribution in [-0.2, 0) is 0 Å². The maximum absolute atomic E-state index is 11.0. The number of hydrogen-bond donors (Lipinski definition) is 0. The summed E-state index contributed by atoms with van der Waals surface area (Å²) in [4.78, 5) is 11.0. The van der Waals surface area contributed by atoms with Gasteiger partial charge in [-0.05, 0) is 31.2 Å². The first-order valence-electron chi connectivity index (χ1n) is 5.12. The van der Waals surface area contributed by atoms with Gasteiger partial charge in [0, 0.05) is 5.56 Å². The quantitative estimate of drug-likeness (QED) is 0.578. The zero-order valence-corrected chi connectivity index (χ0v) is 10.8. The van der Waals surface area contributed by atoms with Crippen molar-refractivity contribution in [3.05, 3.63) is 29.8 Å². The zero-order valence-electron chi connectivity index (χ0n) is 9.83. The Morgan fingerprint density at radius 2 is 1.73 bits per heavy atom. The predicted octanol–water partition coefficient (Wildman–Crippen LogP) is 3.15. The highest BCUT2D eigenvalue weighted by Gasteiger charge is 2.13. The van der Waals surface area contributed by atoms with E-state index in [4.69, 9.17) is 4.74 Å². The van der Waals surface area contributed by atoms with Crippen LogP contribution in [-0.4, -0.2) is 20.1 Å². The number of benzene rings is 1. The Kier molecular flexibility index (Phi) is 3.69. The predicted molar refractivity (Wildman–Crippen MR) is 65.3 cm³/mol. The molecule has 0 aliphatic heterocycles. The highest BCUT2D eigenvalue weighted by atomic mass is 28.3. The van der Waals surface area contributed by atoms with E-state index >= 15 is 0 Å². The Morgan fingerprint density at radius 3 is 2.13 bits per heavy atom. The van der Waals surface area contributed by atoms with E-state index in [0.717, 1.165) is 17.5 Å². The van der Waals surface area contributed by atoms with Crippen molar-refractivity contribution in [3.63, 3.8) is 0 Å². The lowest BCUT2D eigenvalue weighted by Crippen LogP contribution is -2.29. The molecule has 0 bridgehead atoms. The molecule has 0 amide bonds. The van der Waals surface area contributed by atoms with Crippen molar-refractivity contribution in [2.45, 2.75) is 26.6 Å². The lowest BCUT2D eigenvalue weighted by Gasteiger charge is -2.16. The normalized spacial score (nSPS) is 11.2. The molecule has 0 fully saturated rings. The first kappa shape index (κ1) is 12.0. The first-order chi connectivity index (χ1) is 6.88. The Hall–Kier alpha value is -1.09. The van der Waals surface area contributed by atoms with E-state index in [1.165, 1.54) is 0 Å². The zero-order chi connectivity index (χ0) is 11.5. The SMILES string of the molecule is CC(=O)c1ccc(OC[Si](C)(C)C)cc1. The van der Waals surface area contributed by atoms with Crippen LogP contribution >= 0.6 is 0 Å². The highest BCUT2D eigenvalue weighted by Crippen LogP contribution is 2.14. The van der Waals surface area contributed by atoms with Crippen molar-refractivity contribution in [1.82, 2.24) is 0 Å². The second kappa shape index (κ2) is 4.62. The van der Waals surface area contributed by atoms with Gasteiger partial charge in [-0.2, -0.15) is 0 Å². The molecule has 0 N–H and O–H groups in total. The molecule has 1 aromatic rings. The van der Waals surface area contributed by atoms with E-state index in [1.54, 1.807) is 6.92 Å². The Balaban J connectivity index is 2.61. The third-order valence-corrected chi connectivity index (χ3v) is 2.94. The maximum atomic E-state index is 11.0. The summed E-state index contributed by atoms with van der Waals surface area (Å²) in [6, 6.07) is 7.33. The van der Waals surface area contributed by atoms with Crippen LogP contribution < -0.4 is 4.74 Å².